The van der Waals surface area contributed by atoms with Crippen LogP contribution in [0.25, 0.3) is 21.9 Å². The van der Waals surface area contributed by atoms with Crippen LogP contribution in [-0.2, 0) is 27.3 Å². The second kappa shape index (κ2) is 16.5. The van der Waals surface area contributed by atoms with Gasteiger partial charge in [-0.3, -0.25) is 14.6 Å². The van der Waals surface area contributed by atoms with Gasteiger partial charge < -0.3 is 19.5 Å². The third-order valence-corrected chi connectivity index (χ3v) is 11.0. The highest BCUT2D eigenvalue weighted by molar-refractivity contribution is 6.01. The molecule has 55 heavy (non-hydrogen) atoms. The first-order valence-corrected chi connectivity index (χ1v) is 17.9. The monoisotopic (exact) mass is 787 g/mol. The number of benzene rings is 3. The van der Waals surface area contributed by atoms with Crippen LogP contribution in [0, 0.1) is 11.3 Å². The maximum atomic E-state index is 14.6. The van der Waals surface area contributed by atoms with E-state index in [1.54, 1.807) is 43.3 Å². The third-order valence-electron chi connectivity index (χ3n) is 11.0. The zero-order valence-corrected chi connectivity index (χ0v) is 31.0. The number of likely N-dealkylation sites (tertiary alicyclic amines) is 2. The molecule has 3 aromatic carbocycles. The van der Waals surface area contributed by atoms with E-state index in [4.69, 9.17) is 14.2 Å². The number of carbonyl (C=O) groups excluding carboxylic acids is 2. The topological polar surface area (TPSA) is 80.3 Å². The largest absolute Gasteiger partial charge is 0.496 e. The SMILES string of the molecule is COC(=O)[C@H](Cc1cccc2c(-c3c(OC)ccc(CN4CCC(C)C(F)(F)CC4)c3OC)cccc12)NC(=O)C1(C(F)(F)F)CCN(CC(F)(F)F)CC1. The standard InChI is InChI=1S/C39H45F8N3O5/c1-24-13-17-49(20-16-37(24,40)41)22-26-11-12-31(53-2)32(33(26)54-3)29-10-6-8-27-25(7-5-9-28(27)29)21-30(34(51)55-4)48-35(52)36(39(45,46)47)14-18-50(19-15-36)23-38(42,43)44/h5-12,24,30H,13-23H2,1-4H3,(H,48,52)/t24?,30-/m0/s1. The molecular weight excluding hydrogens is 742 g/mol. The molecule has 16 heteroatoms. The summed E-state index contributed by atoms with van der Waals surface area (Å²) in [7, 11) is 4.01. The molecule has 0 bridgehead atoms. The normalized spacial score (nSPS) is 20.0. The molecule has 8 nitrogen and oxygen atoms in total. The lowest BCUT2D eigenvalue weighted by Crippen LogP contribution is -2.59. The fourth-order valence-corrected chi connectivity index (χ4v) is 7.65. The van der Waals surface area contributed by atoms with Gasteiger partial charge in [-0.15, -0.1) is 0 Å². The van der Waals surface area contributed by atoms with Crippen LogP contribution in [0.3, 0.4) is 0 Å². The second-order valence-corrected chi connectivity index (χ2v) is 14.4. The Labute approximate surface area is 314 Å². The summed E-state index contributed by atoms with van der Waals surface area (Å²) in [5.74, 6) is -5.13. The number of methoxy groups -OCH3 is 3. The van der Waals surface area contributed by atoms with Crippen molar-refractivity contribution in [2.75, 3.05) is 54.1 Å². The molecule has 2 fully saturated rings. The van der Waals surface area contributed by atoms with Crippen molar-refractivity contribution in [3.8, 4) is 22.6 Å². The maximum absolute atomic E-state index is 14.6. The Kier molecular flexibility index (Phi) is 12.6. The lowest BCUT2D eigenvalue weighted by atomic mass is 9.76. The van der Waals surface area contributed by atoms with Crippen molar-refractivity contribution in [1.29, 1.82) is 0 Å². The molecule has 0 aromatic heterocycles. The van der Waals surface area contributed by atoms with E-state index in [0.29, 0.717) is 58.5 Å². The van der Waals surface area contributed by atoms with Crippen LogP contribution < -0.4 is 14.8 Å². The first-order valence-electron chi connectivity index (χ1n) is 17.9. The maximum Gasteiger partial charge on any atom is 0.403 e. The van der Waals surface area contributed by atoms with E-state index < -0.39 is 80.0 Å². The number of ether oxygens (including phenoxy) is 3. The second-order valence-electron chi connectivity index (χ2n) is 14.4. The van der Waals surface area contributed by atoms with E-state index in [9.17, 15) is 44.7 Å². The third kappa shape index (κ3) is 9.11. The van der Waals surface area contributed by atoms with Crippen molar-refractivity contribution in [2.24, 2.45) is 11.3 Å². The first-order chi connectivity index (χ1) is 25.8. The summed E-state index contributed by atoms with van der Waals surface area (Å²) in [6, 6.07) is 12.5. The van der Waals surface area contributed by atoms with E-state index >= 15 is 0 Å². The van der Waals surface area contributed by atoms with Crippen molar-refractivity contribution >= 4 is 22.6 Å². The van der Waals surface area contributed by atoms with Gasteiger partial charge in [0.25, 0.3) is 5.92 Å². The van der Waals surface area contributed by atoms with Gasteiger partial charge in [-0.25, -0.2) is 13.6 Å². The van der Waals surface area contributed by atoms with Gasteiger partial charge in [-0.1, -0.05) is 49.4 Å². The number of esters is 1. The van der Waals surface area contributed by atoms with Gasteiger partial charge in [-0.05, 0) is 66.9 Å². The fourth-order valence-electron chi connectivity index (χ4n) is 7.65. The van der Waals surface area contributed by atoms with E-state index in [2.05, 4.69) is 5.32 Å². The van der Waals surface area contributed by atoms with Crippen molar-refractivity contribution in [2.45, 2.75) is 69.9 Å². The quantitative estimate of drug-likeness (QED) is 0.157. The van der Waals surface area contributed by atoms with Gasteiger partial charge in [0.05, 0.1) is 33.4 Å². The van der Waals surface area contributed by atoms with Crippen LogP contribution >= 0.6 is 0 Å². The van der Waals surface area contributed by atoms with Crippen LogP contribution in [-0.4, -0.2) is 100 Å². The predicted octanol–water partition coefficient (Wildman–Crippen LogP) is 7.80. The van der Waals surface area contributed by atoms with Crippen molar-refractivity contribution in [3.63, 3.8) is 0 Å². The molecule has 2 saturated heterocycles. The fraction of sp³-hybridized carbons (Fsp3) is 0.538. The molecule has 302 valence electrons. The minimum atomic E-state index is -5.11. The Hall–Kier alpha value is -4.18. The van der Waals surface area contributed by atoms with Gasteiger partial charge in [-0.2, -0.15) is 26.3 Å². The molecule has 2 heterocycles. The Morgan fingerprint density at radius 3 is 2.11 bits per heavy atom. The number of hydrogen-bond donors (Lipinski definition) is 1. The van der Waals surface area contributed by atoms with Gasteiger partial charge >= 0.3 is 18.3 Å². The minimum absolute atomic E-state index is 0.192. The molecule has 0 aliphatic carbocycles. The highest BCUT2D eigenvalue weighted by Gasteiger charge is 2.61. The minimum Gasteiger partial charge on any atom is -0.496 e. The molecule has 2 aliphatic heterocycles. The van der Waals surface area contributed by atoms with Crippen LogP contribution in [0.15, 0.2) is 48.5 Å². The molecule has 0 spiro atoms. The van der Waals surface area contributed by atoms with Crippen LogP contribution in [0.4, 0.5) is 35.1 Å². The van der Waals surface area contributed by atoms with Gasteiger partial charge in [0.15, 0.2) is 0 Å². The van der Waals surface area contributed by atoms with Crippen LogP contribution in [0.5, 0.6) is 11.5 Å². The molecule has 2 atom stereocenters. The molecule has 1 unspecified atom stereocenters. The average molecular weight is 788 g/mol. The van der Waals surface area contributed by atoms with E-state index in [1.165, 1.54) is 14.2 Å². The van der Waals surface area contributed by atoms with E-state index in [-0.39, 0.29) is 19.4 Å². The Bertz CT molecular complexity index is 1840. The smallest absolute Gasteiger partial charge is 0.403 e. The Morgan fingerprint density at radius 2 is 1.49 bits per heavy atom. The number of amides is 1. The lowest BCUT2D eigenvalue weighted by molar-refractivity contribution is -0.236. The highest BCUT2D eigenvalue weighted by atomic mass is 19.4. The van der Waals surface area contributed by atoms with Crippen molar-refractivity contribution < 1.29 is 58.9 Å². The first kappa shape index (κ1) is 42.0. The lowest BCUT2D eigenvalue weighted by Gasteiger charge is -2.42. The average Bonchev–Trinajstić information content (AvgIpc) is 3.26. The number of nitrogens with zero attached hydrogens (tertiary/aromatic N) is 2. The molecule has 0 saturated carbocycles. The van der Waals surface area contributed by atoms with Gasteiger partial charge in [0, 0.05) is 37.4 Å². The van der Waals surface area contributed by atoms with E-state index in [0.717, 1.165) is 17.6 Å². The molecular formula is C39H45F8N3O5. The number of rotatable bonds is 11. The number of alkyl halides is 8. The molecule has 5 rings (SSSR count). The molecule has 1 N–H and O–H groups in total. The zero-order valence-electron chi connectivity index (χ0n) is 31.0. The number of hydrogen-bond acceptors (Lipinski definition) is 7. The number of halogens is 8. The predicted molar refractivity (Wildman–Crippen MR) is 189 cm³/mol. The number of nitrogens with one attached hydrogen (secondary N) is 1. The summed E-state index contributed by atoms with van der Waals surface area (Å²) < 4.78 is 128. The summed E-state index contributed by atoms with van der Waals surface area (Å²) in [6.07, 6.45) is -11.8. The Balaban J connectivity index is 1.47. The number of piperidine rings is 1. The van der Waals surface area contributed by atoms with Crippen LogP contribution in [0.1, 0.15) is 43.7 Å². The molecule has 0 radical (unpaired) electrons. The zero-order chi connectivity index (χ0) is 40.3. The summed E-state index contributed by atoms with van der Waals surface area (Å²) in [5, 5.41) is 3.48. The molecule has 1 amide bonds. The summed E-state index contributed by atoms with van der Waals surface area (Å²) in [6.45, 7) is -0.100. The number of carbonyl (C=O) groups is 2. The van der Waals surface area contributed by atoms with Crippen molar-refractivity contribution in [1.82, 2.24) is 15.1 Å². The summed E-state index contributed by atoms with van der Waals surface area (Å²) >= 11 is 0. The summed E-state index contributed by atoms with van der Waals surface area (Å²) in [4.78, 5) is 29.3. The van der Waals surface area contributed by atoms with Gasteiger partial charge in [0.1, 0.15) is 23.0 Å². The van der Waals surface area contributed by atoms with Gasteiger partial charge in [0.2, 0.25) is 5.91 Å². The molecule has 3 aromatic rings. The van der Waals surface area contributed by atoms with E-state index in [1.807, 2.05) is 17.0 Å². The molecule has 2 aliphatic rings. The van der Waals surface area contributed by atoms with Crippen molar-refractivity contribution in [3.05, 3.63) is 59.7 Å². The van der Waals surface area contributed by atoms with Crippen LogP contribution in [0.2, 0.25) is 0 Å². The highest BCUT2D eigenvalue weighted by Crippen LogP contribution is 2.48. The Morgan fingerprint density at radius 1 is 0.836 bits per heavy atom. The summed E-state index contributed by atoms with van der Waals surface area (Å²) in [5.41, 5.74) is -0.588. The number of fused-ring (bicyclic) bond motifs is 1.